The van der Waals surface area contributed by atoms with E-state index >= 15 is 0 Å². The molecule has 0 saturated heterocycles. The van der Waals surface area contributed by atoms with Crippen LogP contribution in [0, 0.1) is 0 Å². The largest absolute Gasteiger partial charge is 0.480 e. The lowest BCUT2D eigenvalue weighted by Crippen LogP contribution is -2.32. The average Bonchev–Trinajstić information content (AvgIpc) is 2.60. The highest BCUT2D eigenvalue weighted by molar-refractivity contribution is 8.01. The van der Waals surface area contributed by atoms with Gasteiger partial charge in [0, 0.05) is 13.7 Å². The van der Waals surface area contributed by atoms with E-state index in [1.165, 1.54) is 7.11 Å². The number of aromatic amines is 1. The molecule has 0 saturated carbocycles. The molecule has 0 bridgehead atoms. The Morgan fingerprint density at radius 2 is 2.44 bits per heavy atom. The van der Waals surface area contributed by atoms with Crippen LogP contribution in [-0.4, -0.2) is 44.7 Å². The average molecular weight is 246 g/mol. The zero-order valence-corrected chi connectivity index (χ0v) is 9.87. The van der Waals surface area contributed by atoms with Gasteiger partial charge in [-0.05, 0) is 13.3 Å². The van der Waals surface area contributed by atoms with Crippen molar-refractivity contribution in [3.8, 4) is 0 Å². The van der Waals surface area contributed by atoms with Crippen molar-refractivity contribution in [2.45, 2.75) is 23.2 Å². The minimum absolute atomic E-state index is 0.169. The molecule has 16 heavy (non-hydrogen) atoms. The molecular weight excluding hydrogens is 232 g/mol. The van der Waals surface area contributed by atoms with Gasteiger partial charge >= 0.3 is 5.97 Å². The number of H-pyrrole nitrogens is 1. The minimum Gasteiger partial charge on any atom is -0.480 e. The van der Waals surface area contributed by atoms with Gasteiger partial charge in [0.2, 0.25) is 11.1 Å². The van der Waals surface area contributed by atoms with Gasteiger partial charge in [-0.2, -0.15) is 4.98 Å². The van der Waals surface area contributed by atoms with Crippen molar-refractivity contribution in [3.05, 3.63) is 0 Å². The van der Waals surface area contributed by atoms with Crippen LogP contribution in [0.3, 0.4) is 0 Å². The Hall–Kier alpha value is -1.28. The van der Waals surface area contributed by atoms with Gasteiger partial charge < -0.3 is 15.6 Å². The quantitative estimate of drug-likeness (QED) is 0.621. The van der Waals surface area contributed by atoms with Gasteiger partial charge in [-0.1, -0.05) is 11.8 Å². The molecule has 0 aliphatic rings. The van der Waals surface area contributed by atoms with Crippen molar-refractivity contribution in [2.75, 3.05) is 19.5 Å². The molecule has 1 aromatic rings. The van der Waals surface area contributed by atoms with E-state index in [1.54, 1.807) is 6.92 Å². The van der Waals surface area contributed by atoms with Crippen LogP contribution in [0.15, 0.2) is 5.16 Å². The summed E-state index contributed by atoms with van der Waals surface area (Å²) in [5.41, 5.74) is 5.36. The monoisotopic (exact) mass is 246 g/mol. The number of aliphatic carboxylic acids is 1. The van der Waals surface area contributed by atoms with Crippen molar-refractivity contribution in [2.24, 2.45) is 0 Å². The van der Waals surface area contributed by atoms with Crippen LogP contribution in [-0.2, 0) is 9.53 Å². The number of nitrogen functional groups attached to an aromatic ring is 1. The second-order valence-corrected chi connectivity index (χ2v) is 4.85. The van der Waals surface area contributed by atoms with E-state index in [1.807, 2.05) is 0 Å². The maximum absolute atomic E-state index is 11.2. The summed E-state index contributed by atoms with van der Waals surface area (Å²) < 4.78 is 3.86. The van der Waals surface area contributed by atoms with Crippen molar-refractivity contribution in [1.29, 1.82) is 0 Å². The summed E-state index contributed by atoms with van der Waals surface area (Å²) >= 11 is 1.05. The Kier molecular flexibility index (Phi) is 4.13. The molecule has 0 amide bonds. The predicted octanol–water partition coefficient (Wildman–Crippen LogP) is 0.359. The summed E-state index contributed by atoms with van der Waals surface area (Å²) in [4.78, 5) is 15.0. The molecule has 1 atom stereocenters. The Morgan fingerprint density at radius 3 is 2.88 bits per heavy atom. The molecule has 90 valence electrons. The Bertz CT molecular complexity index is 370. The number of thioether (sulfide) groups is 1. The van der Waals surface area contributed by atoms with E-state index in [-0.39, 0.29) is 5.95 Å². The first-order valence-corrected chi connectivity index (χ1v) is 5.39. The highest BCUT2D eigenvalue weighted by Crippen LogP contribution is 2.33. The number of ether oxygens (including phenoxy) is 1. The zero-order valence-electron chi connectivity index (χ0n) is 9.06. The fraction of sp³-hybridized carbons (Fsp3) is 0.625. The number of carboxylic acids is 1. The maximum Gasteiger partial charge on any atom is 0.320 e. The number of anilines is 1. The first-order valence-electron chi connectivity index (χ1n) is 4.57. The summed E-state index contributed by atoms with van der Waals surface area (Å²) in [7, 11) is 1.53. The van der Waals surface area contributed by atoms with Gasteiger partial charge in [-0.15, -0.1) is 5.10 Å². The molecule has 0 aromatic carbocycles. The second-order valence-electron chi connectivity index (χ2n) is 3.38. The minimum atomic E-state index is -1.02. The number of nitrogens with two attached hydrogens (primary N) is 1. The Labute approximate surface area is 96.8 Å². The first kappa shape index (κ1) is 12.8. The summed E-state index contributed by atoms with van der Waals surface area (Å²) in [6, 6.07) is 0. The molecule has 1 unspecified atom stereocenters. The van der Waals surface area contributed by atoms with Crippen molar-refractivity contribution in [1.82, 2.24) is 15.2 Å². The van der Waals surface area contributed by atoms with Crippen LogP contribution in [0.4, 0.5) is 5.95 Å². The molecule has 0 spiro atoms. The topological polar surface area (TPSA) is 114 Å². The number of methoxy groups -OCH3 is 1. The smallest absolute Gasteiger partial charge is 0.320 e. The van der Waals surface area contributed by atoms with Crippen molar-refractivity contribution >= 4 is 23.7 Å². The fourth-order valence-electron chi connectivity index (χ4n) is 1.00. The highest BCUT2D eigenvalue weighted by Gasteiger charge is 2.35. The second kappa shape index (κ2) is 5.17. The van der Waals surface area contributed by atoms with E-state index in [2.05, 4.69) is 15.2 Å². The summed E-state index contributed by atoms with van der Waals surface area (Å²) in [6.07, 6.45) is 0.359. The summed E-state index contributed by atoms with van der Waals surface area (Å²) in [5.74, 6) is -0.764. The normalized spacial score (nSPS) is 14.6. The molecule has 4 N–H and O–H groups in total. The zero-order chi connectivity index (χ0) is 12.2. The lowest BCUT2D eigenvalue weighted by atomic mass is 10.1. The van der Waals surface area contributed by atoms with Gasteiger partial charge in [0.05, 0.1) is 0 Å². The molecule has 0 radical (unpaired) electrons. The van der Waals surface area contributed by atoms with E-state index in [0.717, 1.165) is 11.8 Å². The molecule has 0 fully saturated rings. The maximum atomic E-state index is 11.2. The van der Waals surface area contributed by atoms with Gasteiger partial charge in [0.1, 0.15) is 4.75 Å². The Balaban J connectivity index is 2.74. The number of carboxylic acid groups (broad SMARTS) is 1. The third-order valence-corrected chi connectivity index (χ3v) is 3.23. The summed E-state index contributed by atoms with van der Waals surface area (Å²) in [5, 5.41) is 15.7. The van der Waals surface area contributed by atoms with Crippen LogP contribution >= 0.6 is 11.8 Å². The number of hydrogen-bond donors (Lipinski definition) is 3. The fourth-order valence-corrected chi connectivity index (χ4v) is 1.91. The third kappa shape index (κ3) is 3.11. The number of hydrogen-bond acceptors (Lipinski definition) is 6. The lowest BCUT2D eigenvalue weighted by molar-refractivity contribution is -0.139. The van der Waals surface area contributed by atoms with Crippen LogP contribution < -0.4 is 5.73 Å². The van der Waals surface area contributed by atoms with Gasteiger partial charge in [-0.3, -0.25) is 4.79 Å². The van der Waals surface area contributed by atoms with Crippen LogP contribution in [0.2, 0.25) is 0 Å². The van der Waals surface area contributed by atoms with E-state index < -0.39 is 10.7 Å². The number of nitrogens with one attached hydrogen (secondary N) is 1. The van der Waals surface area contributed by atoms with Gasteiger partial charge in [-0.25, -0.2) is 5.10 Å². The van der Waals surface area contributed by atoms with Crippen LogP contribution in [0.5, 0.6) is 0 Å². The molecule has 7 nitrogen and oxygen atoms in total. The molecule has 1 rings (SSSR count). The molecule has 8 heteroatoms. The van der Waals surface area contributed by atoms with E-state index in [9.17, 15) is 4.79 Å². The predicted molar refractivity (Wildman–Crippen MR) is 59.2 cm³/mol. The molecule has 1 aromatic heterocycles. The molecular formula is C8H14N4O3S. The van der Waals surface area contributed by atoms with Crippen LogP contribution in [0.25, 0.3) is 0 Å². The van der Waals surface area contributed by atoms with Gasteiger partial charge in [0.15, 0.2) is 0 Å². The standard InChI is InChI=1S/C8H14N4O3S/c1-8(5(13)14,3-4-15-2)16-7-10-6(9)11-12-7/h3-4H2,1-2H3,(H,13,14)(H3,9,10,11,12). The SMILES string of the molecule is COCCC(C)(Sc1n[nH]c(N)n1)C(=O)O. The Morgan fingerprint density at radius 1 is 1.75 bits per heavy atom. The van der Waals surface area contributed by atoms with E-state index in [0.29, 0.717) is 18.2 Å². The summed E-state index contributed by atoms with van der Waals surface area (Å²) in [6.45, 7) is 1.96. The number of rotatable bonds is 6. The van der Waals surface area contributed by atoms with E-state index in [4.69, 9.17) is 15.6 Å². The molecule has 0 aliphatic heterocycles. The number of nitrogens with zero attached hydrogens (tertiary/aromatic N) is 2. The number of carbonyl (C=O) groups is 1. The lowest BCUT2D eigenvalue weighted by Gasteiger charge is -2.21. The highest BCUT2D eigenvalue weighted by atomic mass is 32.2. The van der Waals surface area contributed by atoms with Gasteiger partial charge in [0.25, 0.3) is 0 Å². The van der Waals surface area contributed by atoms with Crippen molar-refractivity contribution < 1.29 is 14.6 Å². The first-order chi connectivity index (χ1) is 7.48. The number of aromatic nitrogens is 3. The van der Waals surface area contributed by atoms with Crippen LogP contribution in [0.1, 0.15) is 13.3 Å². The van der Waals surface area contributed by atoms with Crippen molar-refractivity contribution in [3.63, 3.8) is 0 Å². The third-order valence-electron chi connectivity index (χ3n) is 2.03. The molecule has 0 aliphatic carbocycles. The molecule has 1 heterocycles.